The van der Waals surface area contributed by atoms with Crippen LogP contribution in [0.25, 0.3) is 6.08 Å². The van der Waals surface area contributed by atoms with Gasteiger partial charge in [0.15, 0.2) is 5.78 Å². The molecule has 2 aromatic heterocycles. The fraction of sp³-hybridized carbons (Fsp3) is 0.448. The van der Waals surface area contributed by atoms with Crippen molar-refractivity contribution in [1.29, 1.82) is 0 Å². The van der Waals surface area contributed by atoms with Crippen LogP contribution in [0.1, 0.15) is 61.8 Å². The first-order chi connectivity index (χ1) is 20.4. The van der Waals surface area contributed by atoms with E-state index < -0.39 is 31.9 Å². The van der Waals surface area contributed by atoms with Crippen LogP contribution in [0, 0.1) is 0 Å². The highest BCUT2D eigenvalue weighted by molar-refractivity contribution is 6.63. The standard InChI is InChI=1S/C29H37B2F2N6O4/c1-18-14-19(2)38-25(18)15-23-9-8-22(39(23)31(38,32)33)10-11-24(40)17-35-27-12-7-21(16-34-27)28(41)36-20(3)29(42)37-13-5-6-26(37)30(4)43/h7-9,12,14-16,19-20,26,43H,5-6,10-11,13,17H2,1-4H3,(H,34,35)(H,36,41)/q-1/t19?,20-,26+/m1/s1. The fourth-order valence-electron chi connectivity index (χ4n) is 6.40. The van der Waals surface area contributed by atoms with Gasteiger partial charge < -0.3 is 38.5 Å². The quantitative estimate of drug-likeness (QED) is 0.363. The van der Waals surface area contributed by atoms with Gasteiger partial charge in [0.25, 0.3) is 5.91 Å². The average molecular weight is 593 g/mol. The average Bonchev–Trinajstić information content (AvgIpc) is 3.68. The van der Waals surface area contributed by atoms with E-state index in [1.807, 2.05) is 13.0 Å². The number of aryl methyl sites for hydroxylation is 1. The Kier molecular flexibility index (Phi) is 8.51. The number of nitrogens with one attached hydrogen (secondary N) is 2. The summed E-state index contributed by atoms with van der Waals surface area (Å²) in [6.07, 6.45) is 6.74. The molecule has 3 N–H and O–H groups in total. The highest BCUT2D eigenvalue weighted by atomic mass is 19.2. The van der Waals surface area contributed by atoms with Crippen molar-refractivity contribution in [3.05, 3.63) is 64.8 Å². The first-order valence-corrected chi connectivity index (χ1v) is 14.8. The summed E-state index contributed by atoms with van der Waals surface area (Å²) < 4.78 is 32.3. The molecule has 5 heterocycles. The second-order valence-corrected chi connectivity index (χ2v) is 11.7. The molecular weight excluding hydrogens is 556 g/mol. The van der Waals surface area contributed by atoms with Gasteiger partial charge in [0.2, 0.25) is 5.91 Å². The van der Waals surface area contributed by atoms with Gasteiger partial charge in [-0.25, -0.2) is 4.98 Å². The fourth-order valence-corrected chi connectivity index (χ4v) is 6.40. The summed E-state index contributed by atoms with van der Waals surface area (Å²) in [7, 11) is 0. The Morgan fingerprint density at radius 1 is 1.23 bits per heavy atom. The molecule has 0 saturated carbocycles. The Morgan fingerprint density at radius 2 is 2.00 bits per heavy atom. The number of hydrogen-bond donors (Lipinski definition) is 3. The molecule has 3 aliphatic rings. The van der Waals surface area contributed by atoms with Gasteiger partial charge in [-0.1, -0.05) is 12.9 Å². The molecule has 3 aliphatic heterocycles. The van der Waals surface area contributed by atoms with Crippen molar-refractivity contribution >= 4 is 43.4 Å². The molecule has 3 atom stereocenters. The van der Waals surface area contributed by atoms with Crippen LogP contribution in [-0.2, 0) is 16.0 Å². The van der Waals surface area contributed by atoms with Crippen molar-refractivity contribution in [3.8, 4) is 0 Å². The largest absolute Gasteiger partial charge is 0.529 e. The molecule has 228 valence electrons. The van der Waals surface area contributed by atoms with E-state index in [-0.39, 0.29) is 42.6 Å². The van der Waals surface area contributed by atoms with Crippen LogP contribution in [0.5, 0.6) is 0 Å². The summed E-state index contributed by atoms with van der Waals surface area (Å²) in [6.45, 7) is 2.68. The van der Waals surface area contributed by atoms with E-state index in [2.05, 4.69) is 15.6 Å². The molecule has 1 saturated heterocycles. The second-order valence-electron chi connectivity index (χ2n) is 11.7. The van der Waals surface area contributed by atoms with E-state index in [9.17, 15) is 19.4 Å². The van der Waals surface area contributed by atoms with Crippen LogP contribution in [0.4, 0.5) is 14.4 Å². The molecule has 0 radical (unpaired) electrons. The zero-order valence-electron chi connectivity index (χ0n) is 24.9. The van der Waals surface area contributed by atoms with Gasteiger partial charge >= 0.3 is 13.9 Å². The molecule has 2 amide bonds. The summed E-state index contributed by atoms with van der Waals surface area (Å²) in [6, 6.07) is 5.24. The second kappa shape index (κ2) is 12.0. The number of amides is 2. The van der Waals surface area contributed by atoms with Crippen molar-refractivity contribution in [1.82, 2.24) is 24.5 Å². The molecule has 1 fully saturated rings. The lowest BCUT2D eigenvalue weighted by molar-refractivity contribution is -0.132. The number of carbonyl (C=O) groups is 3. The number of hydrogen-bond acceptors (Lipinski definition) is 7. The van der Waals surface area contributed by atoms with Crippen LogP contribution in [0.2, 0.25) is 6.82 Å². The maximum atomic E-state index is 15.6. The van der Waals surface area contributed by atoms with Crippen LogP contribution in [-0.4, -0.2) is 86.8 Å². The summed E-state index contributed by atoms with van der Waals surface area (Å²) in [5.41, 5.74) is 2.47. The number of allylic oxidation sites excluding steroid dienone is 1. The van der Waals surface area contributed by atoms with Gasteiger partial charge in [0.05, 0.1) is 12.1 Å². The van der Waals surface area contributed by atoms with Crippen LogP contribution >= 0.6 is 0 Å². The third kappa shape index (κ3) is 5.97. The number of Topliss-reactive ketones (excluding diaryl/α,β-unsaturated/α-hetero) is 1. The molecule has 43 heavy (non-hydrogen) atoms. The van der Waals surface area contributed by atoms with E-state index in [0.29, 0.717) is 29.4 Å². The number of fused-ring (bicyclic) bond motifs is 2. The van der Waals surface area contributed by atoms with Gasteiger partial charge in [-0.3, -0.25) is 14.4 Å². The SMILES string of the molecule is CB(O)[C@@H]1CCCN1C(=O)[C@@H](C)NC(=O)c1ccc(NCC(=O)CCc2ccc3n2[B-](F)(F)N2C(=C3)C(C)=CC2C)nc1. The number of likely N-dealkylation sites (tertiary alicyclic amines) is 1. The smallest absolute Gasteiger partial charge is 0.464 e. The number of halogens is 2. The molecule has 0 spiro atoms. The lowest BCUT2D eigenvalue weighted by Crippen LogP contribution is -2.56. The van der Waals surface area contributed by atoms with E-state index in [1.54, 1.807) is 49.8 Å². The van der Waals surface area contributed by atoms with Crippen molar-refractivity contribution in [2.75, 3.05) is 18.4 Å². The van der Waals surface area contributed by atoms with Crippen molar-refractivity contribution < 1.29 is 28.0 Å². The first kappa shape index (κ1) is 30.5. The minimum Gasteiger partial charge on any atom is -0.464 e. The Labute approximate surface area is 250 Å². The number of carbonyl (C=O) groups excluding carboxylic acids is 3. The Bertz CT molecular complexity index is 1480. The molecule has 0 bridgehead atoms. The molecule has 14 heteroatoms. The molecule has 10 nitrogen and oxygen atoms in total. The maximum Gasteiger partial charge on any atom is 0.529 e. The number of nitrogens with zero attached hydrogens (tertiary/aromatic N) is 4. The highest BCUT2D eigenvalue weighted by Crippen LogP contribution is 2.40. The third-order valence-electron chi connectivity index (χ3n) is 8.59. The van der Waals surface area contributed by atoms with Crippen molar-refractivity contribution in [3.63, 3.8) is 0 Å². The van der Waals surface area contributed by atoms with E-state index in [1.165, 1.54) is 17.1 Å². The van der Waals surface area contributed by atoms with Gasteiger partial charge in [0.1, 0.15) is 11.9 Å². The Hall–Kier alpha value is -3.93. The minimum absolute atomic E-state index is 0.0458. The van der Waals surface area contributed by atoms with E-state index in [0.717, 1.165) is 22.9 Å². The predicted octanol–water partition coefficient (Wildman–Crippen LogP) is 2.99. The Morgan fingerprint density at radius 3 is 2.70 bits per heavy atom. The topological polar surface area (TPSA) is 120 Å². The number of pyridine rings is 1. The van der Waals surface area contributed by atoms with Crippen LogP contribution in [0.3, 0.4) is 0 Å². The van der Waals surface area contributed by atoms with Gasteiger partial charge in [-0.2, -0.15) is 0 Å². The zero-order chi connectivity index (χ0) is 31.1. The molecule has 0 aliphatic carbocycles. The van der Waals surface area contributed by atoms with E-state index in [4.69, 9.17) is 0 Å². The summed E-state index contributed by atoms with van der Waals surface area (Å²) in [5, 5.41) is 15.6. The highest BCUT2D eigenvalue weighted by Gasteiger charge is 2.45. The van der Waals surface area contributed by atoms with Gasteiger partial charge in [-0.15, -0.1) is 0 Å². The minimum atomic E-state index is -4.03. The first-order valence-electron chi connectivity index (χ1n) is 14.8. The van der Waals surface area contributed by atoms with Crippen molar-refractivity contribution in [2.24, 2.45) is 0 Å². The summed E-state index contributed by atoms with van der Waals surface area (Å²) in [5.74, 6) is -0.749. The third-order valence-corrected chi connectivity index (χ3v) is 8.59. The Balaban J connectivity index is 1.11. The lowest BCUT2D eigenvalue weighted by Gasteiger charge is -2.47. The molecule has 1 unspecified atom stereocenters. The molecule has 5 rings (SSSR count). The predicted molar refractivity (Wildman–Crippen MR) is 162 cm³/mol. The molecule has 0 aromatic carbocycles. The van der Waals surface area contributed by atoms with E-state index >= 15 is 8.63 Å². The van der Waals surface area contributed by atoms with Gasteiger partial charge in [0, 0.05) is 42.5 Å². The van der Waals surface area contributed by atoms with Crippen molar-refractivity contribution in [2.45, 2.75) is 71.3 Å². The zero-order valence-corrected chi connectivity index (χ0v) is 24.9. The monoisotopic (exact) mass is 593 g/mol. The maximum absolute atomic E-state index is 15.6. The summed E-state index contributed by atoms with van der Waals surface area (Å²) in [4.78, 5) is 45.1. The summed E-state index contributed by atoms with van der Waals surface area (Å²) >= 11 is 0. The number of aromatic nitrogens is 2. The molecular formula is C29H37B2F2N6O4-. The number of rotatable bonds is 10. The number of ketones is 1. The lowest BCUT2D eigenvalue weighted by atomic mass is 9.62. The van der Waals surface area contributed by atoms with Gasteiger partial charge in [-0.05, 0) is 81.6 Å². The molecule has 2 aromatic rings. The van der Waals surface area contributed by atoms with Crippen LogP contribution < -0.4 is 10.6 Å². The normalized spacial score (nSPS) is 21.0. The number of anilines is 1. The van der Waals surface area contributed by atoms with Crippen LogP contribution in [0.15, 0.2) is 47.8 Å².